The number of hydrogen-bond donors (Lipinski definition) is 1. The maximum atomic E-state index is 13.9. The Morgan fingerprint density at radius 2 is 1.54 bits per heavy atom. The van der Waals surface area contributed by atoms with Crippen LogP contribution in [0.5, 0.6) is 0 Å². The van der Waals surface area contributed by atoms with E-state index in [1.165, 1.54) is 10.6 Å². The van der Waals surface area contributed by atoms with Crippen molar-refractivity contribution in [3.05, 3.63) is 101 Å². The van der Waals surface area contributed by atoms with Gasteiger partial charge in [0.2, 0.25) is 21.8 Å². The fourth-order valence-electron chi connectivity index (χ4n) is 4.79. The quantitative estimate of drug-likeness (QED) is 0.267. The third-order valence-electron chi connectivity index (χ3n) is 7.21. The first-order valence-electron chi connectivity index (χ1n) is 14.4. The van der Waals surface area contributed by atoms with Gasteiger partial charge in [-0.3, -0.25) is 13.9 Å². The lowest BCUT2D eigenvalue weighted by molar-refractivity contribution is -0.141. The van der Waals surface area contributed by atoms with Gasteiger partial charge in [0, 0.05) is 32.5 Å². The smallest absolute Gasteiger partial charge is 0.243 e. The van der Waals surface area contributed by atoms with E-state index < -0.39 is 16.1 Å². The van der Waals surface area contributed by atoms with Gasteiger partial charge in [-0.05, 0) is 60.6 Å². The van der Waals surface area contributed by atoms with Gasteiger partial charge in [0.25, 0.3) is 0 Å². The van der Waals surface area contributed by atoms with Crippen LogP contribution in [0.4, 0.5) is 5.69 Å². The number of sulfonamides is 1. The number of benzene rings is 3. The van der Waals surface area contributed by atoms with Crippen molar-refractivity contribution in [1.29, 1.82) is 0 Å². The molecule has 0 aliphatic rings. The van der Waals surface area contributed by atoms with E-state index >= 15 is 0 Å². The summed E-state index contributed by atoms with van der Waals surface area (Å²) >= 11 is 0. The number of rotatable bonds is 15. The largest absolute Gasteiger partial charge is 0.354 e. The molecule has 0 heterocycles. The average Bonchev–Trinajstić information content (AvgIpc) is 2.96. The summed E-state index contributed by atoms with van der Waals surface area (Å²) < 4.78 is 26.7. The van der Waals surface area contributed by atoms with Crippen LogP contribution < -0.4 is 9.62 Å². The summed E-state index contributed by atoms with van der Waals surface area (Å²) in [6.07, 6.45) is 3.64. The molecule has 3 rings (SSSR count). The zero-order valence-electron chi connectivity index (χ0n) is 24.7. The van der Waals surface area contributed by atoms with Crippen molar-refractivity contribution in [2.45, 2.75) is 65.5 Å². The van der Waals surface area contributed by atoms with E-state index in [0.29, 0.717) is 25.1 Å². The normalized spacial score (nSPS) is 12.0. The number of carbonyl (C=O) groups is 2. The Morgan fingerprint density at radius 1 is 0.878 bits per heavy atom. The van der Waals surface area contributed by atoms with E-state index in [0.717, 1.165) is 35.1 Å². The number of nitrogens with one attached hydrogen (secondary N) is 1. The number of nitrogens with zero attached hydrogens (tertiary/aromatic N) is 2. The molecule has 0 aliphatic carbocycles. The SMILES string of the molecule is CCCNC(=O)C(Cc1ccccc1)N(Cc1ccccc1C)C(=O)CCCN(c1ccc(CC)cc1)S(C)(=O)=O. The zero-order valence-corrected chi connectivity index (χ0v) is 25.5. The number of anilines is 1. The summed E-state index contributed by atoms with van der Waals surface area (Å²) in [5, 5.41) is 2.99. The predicted molar refractivity (Wildman–Crippen MR) is 166 cm³/mol. The summed E-state index contributed by atoms with van der Waals surface area (Å²) in [6, 6.07) is 24.3. The molecule has 0 aliphatic heterocycles. The number of carbonyl (C=O) groups excluding carboxylic acids is 2. The first-order chi connectivity index (χ1) is 19.6. The van der Waals surface area contributed by atoms with Crippen LogP contribution in [0.3, 0.4) is 0 Å². The van der Waals surface area contributed by atoms with Crippen molar-refractivity contribution in [1.82, 2.24) is 10.2 Å². The summed E-state index contributed by atoms with van der Waals surface area (Å²) in [5.41, 5.74) is 4.67. The molecule has 0 saturated carbocycles. The topological polar surface area (TPSA) is 86.8 Å². The minimum absolute atomic E-state index is 0.108. The van der Waals surface area contributed by atoms with Gasteiger partial charge in [-0.1, -0.05) is 80.6 Å². The van der Waals surface area contributed by atoms with E-state index in [-0.39, 0.29) is 31.3 Å². The first kappa shape index (κ1) is 31.9. The second-order valence-corrected chi connectivity index (χ2v) is 12.3. The highest BCUT2D eigenvalue weighted by atomic mass is 32.2. The molecule has 1 atom stereocenters. The molecule has 1 N–H and O–H groups in total. The molecule has 1 unspecified atom stereocenters. The fourth-order valence-corrected chi connectivity index (χ4v) is 5.76. The van der Waals surface area contributed by atoms with Crippen molar-refractivity contribution >= 4 is 27.5 Å². The third kappa shape index (κ3) is 9.46. The Labute approximate surface area is 245 Å². The summed E-state index contributed by atoms with van der Waals surface area (Å²) in [5.74, 6) is -0.373. The molecule has 0 spiro atoms. The highest BCUT2D eigenvalue weighted by Gasteiger charge is 2.30. The van der Waals surface area contributed by atoms with Crippen molar-refractivity contribution in [3.63, 3.8) is 0 Å². The maximum absolute atomic E-state index is 13.9. The molecule has 3 aromatic carbocycles. The lowest BCUT2D eigenvalue weighted by atomic mass is 10.0. The van der Waals surface area contributed by atoms with E-state index in [4.69, 9.17) is 0 Å². The average molecular weight is 578 g/mol. The molecular weight excluding hydrogens is 534 g/mol. The van der Waals surface area contributed by atoms with Crippen molar-refractivity contribution in [2.75, 3.05) is 23.7 Å². The van der Waals surface area contributed by atoms with Gasteiger partial charge in [-0.15, -0.1) is 0 Å². The molecule has 2 amide bonds. The van der Waals surface area contributed by atoms with Gasteiger partial charge < -0.3 is 10.2 Å². The second kappa shape index (κ2) is 15.4. The van der Waals surface area contributed by atoms with Crippen LogP contribution in [-0.4, -0.2) is 50.5 Å². The highest BCUT2D eigenvalue weighted by Crippen LogP contribution is 2.21. The van der Waals surface area contributed by atoms with Gasteiger partial charge in [0.05, 0.1) is 11.9 Å². The number of hydrogen-bond acceptors (Lipinski definition) is 4. The molecule has 7 nitrogen and oxygen atoms in total. The second-order valence-electron chi connectivity index (χ2n) is 10.4. The Morgan fingerprint density at radius 3 is 2.15 bits per heavy atom. The molecular formula is C33H43N3O4S. The fraction of sp³-hybridized carbons (Fsp3) is 0.394. The van der Waals surface area contributed by atoms with Gasteiger partial charge in [0.15, 0.2) is 0 Å². The number of amides is 2. The highest BCUT2D eigenvalue weighted by molar-refractivity contribution is 7.92. The Balaban J connectivity index is 1.87. The molecule has 0 aromatic heterocycles. The van der Waals surface area contributed by atoms with Gasteiger partial charge >= 0.3 is 0 Å². The zero-order chi connectivity index (χ0) is 29.8. The summed E-state index contributed by atoms with van der Waals surface area (Å²) in [6.45, 7) is 7.01. The van der Waals surface area contributed by atoms with E-state index in [1.807, 2.05) is 87.5 Å². The third-order valence-corrected chi connectivity index (χ3v) is 8.40. The minimum atomic E-state index is -3.55. The van der Waals surface area contributed by atoms with Crippen LogP contribution in [0.15, 0.2) is 78.9 Å². The van der Waals surface area contributed by atoms with Crippen LogP contribution >= 0.6 is 0 Å². The maximum Gasteiger partial charge on any atom is 0.243 e. The molecule has 0 radical (unpaired) electrons. The summed E-state index contributed by atoms with van der Waals surface area (Å²) in [7, 11) is -3.55. The van der Waals surface area contributed by atoms with Gasteiger partial charge in [-0.2, -0.15) is 0 Å². The van der Waals surface area contributed by atoms with E-state index in [1.54, 1.807) is 17.0 Å². The van der Waals surface area contributed by atoms with Crippen molar-refractivity contribution in [2.24, 2.45) is 0 Å². The lowest BCUT2D eigenvalue weighted by Crippen LogP contribution is -2.50. The molecule has 220 valence electrons. The molecule has 8 heteroatoms. The molecule has 0 fully saturated rings. The van der Waals surface area contributed by atoms with Crippen LogP contribution in [0.2, 0.25) is 0 Å². The predicted octanol–water partition coefficient (Wildman–Crippen LogP) is 5.27. The van der Waals surface area contributed by atoms with Crippen LogP contribution in [0, 0.1) is 6.92 Å². The van der Waals surface area contributed by atoms with Crippen LogP contribution in [0.25, 0.3) is 0 Å². The Hall–Kier alpha value is -3.65. The van der Waals surface area contributed by atoms with Gasteiger partial charge in [-0.25, -0.2) is 8.42 Å². The molecule has 3 aromatic rings. The monoisotopic (exact) mass is 577 g/mol. The van der Waals surface area contributed by atoms with E-state index in [9.17, 15) is 18.0 Å². The molecule has 0 bridgehead atoms. The molecule has 41 heavy (non-hydrogen) atoms. The van der Waals surface area contributed by atoms with Crippen LogP contribution in [-0.2, 0) is 39.0 Å². The Bertz CT molecular complexity index is 1380. The first-order valence-corrected chi connectivity index (χ1v) is 16.2. The summed E-state index contributed by atoms with van der Waals surface area (Å²) in [4.78, 5) is 29.1. The lowest BCUT2D eigenvalue weighted by Gasteiger charge is -2.32. The standard InChI is InChI=1S/C33H43N3O4S/c1-5-22-34-33(38)31(24-28-14-8-7-9-15-28)35(25-29-16-11-10-13-26(29)3)32(37)17-12-23-36(41(4,39)40)30-20-18-27(6-2)19-21-30/h7-11,13-16,18-21,31H,5-6,12,17,22-25H2,1-4H3,(H,34,38). The molecule has 0 saturated heterocycles. The van der Waals surface area contributed by atoms with Crippen molar-refractivity contribution < 1.29 is 18.0 Å². The minimum Gasteiger partial charge on any atom is -0.354 e. The Kier molecular flexibility index (Phi) is 12.0. The van der Waals surface area contributed by atoms with Gasteiger partial charge in [0.1, 0.15) is 6.04 Å². The number of aryl methyl sites for hydroxylation is 2. The van der Waals surface area contributed by atoms with E-state index in [2.05, 4.69) is 5.32 Å². The van der Waals surface area contributed by atoms with Crippen LogP contribution in [0.1, 0.15) is 55.4 Å². The van der Waals surface area contributed by atoms with Crippen molar-refractivity contribution in [3.8, 4) is 0 Å².